The molecule has 0 fully saturated rings. The molecular weight excluding hydrogens is 448 g/mol. The van der Waals surface area contributed by atoms with Crippen molar-refractivity contribution in [3.05, 3.63) is 57.7 Å². The number of nitrogens with zero attached hydrogens (tertiary/aromatic N) is 2. The monoisotopic (exact) mass is 460 g/mol. The fourth-order valence-electron chi connectivity index (χ4n) is 2.75. The molecule has 0 atom stereocenters. The van der Waals surface area contributed by atoms with Crippen LogP contribution in [0.4, 0.5) is 13.2 Å². The van der Waals surface area contributed by atoms with E-state index in [0.29, 0.717) is 16.5 Å². The molecule has 0 bridgehead atoms. The molecule has 30 heavy (non-hydrogen) atoms. The molecule has 0 spiro atoms. The normalized spacial score (nSPS) is 11.7. The largest absolute Gasteiger partial charge is 0.421 e. The van der Waals surface area contributed by atoms with Crippen molar-refractivity contribution in [2.24, 2.45) is 0 Å². The van der Waals surface area contributed by atoms with E-state index in [0.717, 1.165) is 26.0 Å². The first kappa shape index (κ1) is 21.9. The average Bonchev–Trinajstić information content (AvgIpc) is 3.02. The van der Waals surface area contributed by atoms with Crippen LogP contribution >= 0.6 is 23.2 Å². The van der Waals surface area contributed by atoms with Gasteiger partial charge in [-0.1, -0.05) is 35.3 Å². The number of alkyl halides is 3. The third-order valence-corrected chi connectivity index (χ3v) is 4.55. The van der Waals surface area contributed by atoms with Crippen molar-refractivity contribution in [2.45, 2.75) is 26.3 Å². The van der Waals surface area contributed by atoms with Gasteiger partial charge < -0.3 is 9.47 Å². The molecule has 0 radical (unpaired) electrons. The first-order valence-electron chi connectivity index (χ1n) is 8.36. The molecule has 158 valence electrons. The number of fused-ring (bicyclic) bond motifs is 1. The minimum Gasteiger partial charge on any atom is -0.421 e. The Morgan fingerprint density at radius 2 is 1.60 bits per heavy atom. The van der Waals surface area contributed by atoms with Gasteiger partial charge in [-0.15, -0.1) is 0 Å². The summed E-state index contributed by atoms with van der Waals surface area (Å²) in [5, 5.41) is 4.22. The van der Waals surface area contributed by atoms with E-state index in [1.54, 1.807) is 12.1 Å². The second kappa shape index (κ2) is 8.16. The van der Waals surface area contributed by atoms with E-state index in [1.807, 2.05) is 0 Å². The number of carbonyl (C=O) groups is 2. The van der Waals surface area contributed by atoms with E-state index >= 15 is 0 Å². The molecule has 0 aliphatic carbocycles. The first-order chi connectivity index (χ1) is 14.0. The third kappa shape index (κ3) is 4.52. The zero-order valence-electron chi connectivity index (χ0n) is 15.5. The lowest BCUT2D eigenvalue weighted by Gasteiger charge is -2.17. The molecule has 3 rings (SSSR count). The highest BCUT2D eigenvalue weighted by molar-refractivity contribution is 6.38. The van der Waals surface area contributed by atoms with Crippen molar-refractivity contribution in [1.29, 1.82) is 0 Å². The highest BCUT2D eigenvalue weighted by Crippen LogP contribution is 2.38. The Balaban J connectivity index is 2.14. The van der Waals surface area contributed by atoms with Crippen LogP contribution in [-0.2, 0) is 25.2 Å². The van der Waals surface area contributed by atoms with Crippen molar-refractivity contribution < 1.29 is 32.2 Å². The molecule has 0 aliphatic heterocycles. The van der Waals surface area contributed by atoms with Gasteiger partial charge in [0, 0.05) is 24.8 Å². The van der Waals surface area contributed by atoms with Crippen LogP contribution in [0.25, 0.3) is 16.6 Å². The number of aromatic nitrogens is 2. The number of ether oxygens (including phenoxy) is 2. The fourth-order valence-corrected chi connectivity index (χ4v) is 3.40. The molecule has 6 nitrogen and oxygen atoms in total. The molecule has 11 heteroatoms. The summed E-state index contributed by atoms with van der Waals surface area (Å²) in [6, 6.07) is 6.17. The van der Waals surface area contributed by atoms with Crippen molar-refractivity contribution in [2.75, 3.05) is 0 Å². The van der Waals surface area contributed by atoms with Gasteiger partial charge in [0.1, 0.15) is 5.69 Å². The van der Waals surface area contributed by atoms with Crippen LogP contribution in [0.3, 0.4) is 0 Å². The van der Waals surface area contributed by atoms with E-state index in [4.69, 9.17) is 32.7 Å². The van der Waals surface area contributed by atoms with Crippen LogP contribution < -0.4 is 0 Å². The highest BCUT2D eigenvalue weighted by atomic mass is 35.5. The second-order valence-corrected chi connectivity index (χ2v) is 7.03. The predicted molar refractivity (Wildman–Crippen MR) is 102 cm³/mol. The van der Waals surface area contributed by atoms with Gasteiger partial charge in [0.05, 0.1) is 27.3 Å². The van der Waals surface area contributed by atoms with Crippen LogP contribution in [0.15, 0.2) is 36.5 Å². The van der Waals surface area contributed by atoms with Crippen molar-refractivity contribution in [1.82, 2.24) is 9.78 Å². The molecule has 0 saturated carbocycles. The molecule has 0 aliphatic rings. The van der Waals surface area contributed by atoms with Gasteiger partial charge in [0.15, 0.2) is 0 Å². The van der Waals surface area contributed by atoms with Gasteiger partial charge in [-0.2, -0.15) is 18.3 Å². The van der Waals surface area contributed by atoms with Crippen molar-refractivity contribution in [3.8, 4) is 5.69 Å². The van der Waals surface area contributed by atoms with Gasteiger partial charge in [0.25, 0.3) is 6.29 Å². The number of rotatable bonds is 4. The molecule has 0 N–H and O–H groups in total. The topological polar surface area (TPSA) is 70.4 Å². The van der Waals surface area contributed by atoms with Crippen molar-refractivity contribution >= 4 is 46.0 Å². The minimum absolute atomic E-state index is 0.0370. The maximum absolute atomic E-state index is 13.0. The van der Waals surface area contributed by atoms with E-state index in [1.165, 1.54) is 16.9 Å². The second-order valence-electron chi connectivity index (χ2n) is 6.21. The standard InChI is InChI=1S/C19H13Cl2F3N2O4/c1-9(27)29-18(30-10(2)28)11-3-4-12-8-25-26(16(12)5-11)17-14(20)6-13(7-15(17)21)19(22,23)24/h3-8,18H,1-2H3. The number of benzene rings is 2. The zero-order chi connectivity index (χ0) is 22.2. The number of halogens is 5. The van der Waals surface area contributed by atoms with Crippen molar-refractivity contribution in [3.63, 3.8) is 0 Å². The highest BCUT2D eigenvalue weighted by Gasteiger charge is 2.32. The summed E-state index contributed by atoms with van der Waals surface area (Å²) in [7, 11) is 0. The lowest BCUT2D eigenvalue weighted by Crippen LogP contribution is -2.15. The molecule has 2 aromatic carbocycles. The molecule has 1 heterocycles. The summed E-state index contributed by atoms with van der Waals surface area (Å²) in [5.41, 5.74) is -0.271. The van der Waals surface area contributed by atoms with E-state index in [2.05, 4.69) is 5.10 Å². The number of carbonyl (C=O) groups excluding carboxylic acids is 2. The van der Waals surface area contributed by atoms with E-state index in [9.17, 15) is 22.8 Å². The fraction of sp³-hybridized carbons (Fsp3) is 0.211. The Kier molecular flexibility index (Phi) is 5.96. The molecular formula is C19H13Cl2F3N2O4. The number of hydrogen-bond acceptors (Lipinski definition) is 5. The van der Waals surface area contributed by atoms with Gasteiger partial charge >= 0.3 is 18.1 Å². The van der Waals surface area contributed by atoms with Crippen LogP contribution in [-0.4, -0.2) is 21.7 Å². The molecule has 0 saturated heterocycles. The Morgan fingerprint density at radius 3 is 2.10 bits per heavy atom. The molecule has 0 unspecified atom stereocenters. The van der Waals surface area contributed by atoms with Gasteiger partial charge in [0.2, 0.25) is 0 Å². The predicted octanol–water partition coefficient (Wildman–Crippen LogP) is 5.48. The van der Waals surface area contributed by atoms with Crippen LogP contribution in [0.5, 0.6) is 0 Å². The Hall–Kier alpha value is -2.78. The third-order valence-electron chi connectivity index (χ3n) is 3.97. The summed E-state index contributed by atoms with van der Waals surface area (Å²) in [6.07, 6.45) is -4.48. The Labute approximate surface area is 178 Å². The summed E-state index contributed by atoms with van der Waals surface area (Å²) in [6.45, 7) is 2.31. The van der Waals surface area contributed by atoms with Crippen LogP contribution in [0.2, 0.25) is 10.0 Å². The summed E-state index contributed by atoms with van der Waals surface area (Å²) < 4.78 is 50.3. The zero-order valence-corrected chi connectivity index (χ0v) is 17.0. The van der Waals surface area contributed by atoms with E-state index < -0.39 is 30.0 Å². The van der Waals surface area contributed by atoms with Gasteiger partial charge in [-0.05, 0) is 18.2 Å². The van der Waals surface area contributed by atoms with Gasteiger partial charge in [-0.3, -0.25) is 9.59 Å². The van der Waals surface area contributed by atoms with E-state index in [-0.39, 0.29) is 15.7 Å². The van der Waals surface area contributed by atoms with Gasteiger partial charge in [-0.25, -0.2) is 4.68 Å². The SMILES string of the molecule is CC(=O)OC(OC(C)=O)c1ccc2cnn(-c3c(Cl)cc(C(F)(F)F)cc3Cl)c2c1. The van der Waals surface area contributed by atoms with Crippen LogP contribution in [0.1, 0.15) is 31.3 Å². The summed E-state index contributed by atoms with van der Waals surface area (Å²) in [4.78, 5) is 22.7. The first-order valence-corrected chi connectivity index (χ1v) is 9.11. The average molecular weight is 461 g/mol. The molecule has 3 aromatic rings. The minimum atomic E-state index is -4.62. The molecule has 1 aromatic heterocycles. The summed E-state index contributed by atoms with van der Waals surface area (Å²) >= 11 is 12.2. The summed E-state index contributed by atoms with van der Waals surface area (Å²) in [5.74, 6) is -1.35. The number of esters is 2. The lowest BCUT2D eigenvalue weighted by molar-refractivity contribution is -0.186. The quantitative estimate of drug-likeness (QED) is 0.381. The Bertz CT molecular complexity index is 1110. The maximum atomic E-state index is 13.0. The maximum Gasteiger partial charge on any atom is 0.416 e. The van der Waals surface area contributed by atoms with Crippen LogP contribution in [0, 0.1) is 0 Å². The Morgan fingerprint density at radius 1 is 1.03 bits per heavy atom. The lowest BCUT2D eigenvalue weighted by atomic mass is 10.1. The number of hydrogen-bond donors (Lipinski definition) is 0. The molecule has 0 amide bonds. The smallest absolute Gasteiger partial charge is 0.416 e.